The van der Waals surface area contributed by atoms with Gasteiger partial charge >= 0.3 is 0 Å². The maximum Gasteiger partial charge on any atom is 0.255 e. The molecule has 0 fully saturated rings. The Morgan fingerprint density at radius 2 is 2.27 bits per heavy atom. The monoisotopic (exact) mass is 225 g/mol. The maximum atomic E-state index is 11.7. The van der Waals surface area contributed by atoms with Gasteiger partial charge in [-0.15, -0.1) is 0 Å². The molecule has 0 saturated carbocycles. The first-order chi connectivity index (χ1) is 7.22. The van der Waals surface area contributed by atoms with E-state index in [-0.39, 0.29) is 11.2 Å². The minimum Gasteiger partial charge on any atom is -0.352 e. The molecule has 15 heavy (non-hydrogen) atoms. The Balaban J connectivity index is 2.53. The number of aromatic nitrogens is 2. The molecule has 0 bridgehead atoms. The molecule has 0 saturated heterocycles. The molecule has 1 aromatic heterocycles. The number of halogens is 1. The van der Waals surface area contributed by atoms with Crippen LogP contribution < -0.4 is 5.32 Å². The number of carbonyl (C=O) groups excluding carboxylic acids is 1. The molecule has 0 spiro atoms. The normalized spacial score (nSPS) is 14.7. The molecular weight excluding hydrogens is 214 g/mol. The predicted molar refractivity (Wildman–Crippen MR) is 57.1 cm³/mol. The number of carbonyl (C=O) groups is 1. The summed E-state index contributed by atoms with van der Waals surface area (Å²) in [6.07, 6.45) is 2.44. The largest absolute Gasteiger partial charge is 0.352 e. The van der Waals surface area contributed by atoms with Crippen molar-refractivity contribution in [1.29, 1.82) is 0 Å². The Kier molecular flexibility index (Phi) is 2.86. The molecule has 80 valence electrons. The molecule has 0 unspecified atom stereocenters. The average molecular weight is 226 g/mol. The molecule has 1 N–H and O–H groups in total. The minimum atomic E-state index is -0.0728. The smallest absolute Gasteiger partial charge is 0.255 e. The van der Waals surface area contributed by atoms with Crippen molar-refractivity contribution in [3.05, 3.63) is 22.2 Å². The van der Waals surface area contributed by atoms with Crippen LogP contribution in [0.4, 0.5) is 0 Å². The molecule has 0 aromatic carbocycles. The Bertz CT molecular complexity index is 406. The van der Waals surface area contributed by atoms with Gasteiger partial charge in [0.05, 0.1) is 17.0 Å². The van der Waals surface area contributed by atoms with Crippen molar-refractivity contribution < 1.29 is 4.79 Å². The quantitative estimate of drug-likeness (QED) is 0.774. The molecule has 1 aliphatic heterocycles. The van der Waals surface area contributed by atoms with E-state index in [9.17, 15) is 4.79 Å². The topological polar surface area (TPSA) is 54.9 Å². The molecule has 5 heteroatoms. The highest BCUT2D eigenvalue weighted by Gasteiger charge is 2.23. The lowest BCUT2D eigenvalue weighted by atomic mass is 10.0. The maximum absolute atomic E-state index is 11.7. The van der Waals surface area contributed by atoms with E-state index in [0.29, 0.717) is 12.1 Å². The third kappa shape index (κ3) is 1.95. The fourth-order valence-electron chi connectivity index (χ4n) is 1.77. The van der Waals surface area contributed by atoms with Crippen LogP contribution >= 0.6 is 11.6 Å². The van der Waals surface area contributed by atoms with Crippen LogP contribution in [0.2, 0.25) is 5.28 Å². The fourth-order valence-corrected chi connectivity index (χ4v) is 1.97. The number of rotatable bonds is 2. The number of aryl methyl sites for hydroxylation is 1. The highest BCUT2D eigenvalue weighted by Crippen LogP contribution is 2.18. The first-order valence-electron chi connectivity index (χ1n) is 5.06. The number of fused-ring (bicyclic) bond motifs is 1. The second-order valence-electron chi connectivity index (χ2n) is 3.52. The van der Waals surface area contributed by atoms with Crippen molar-refractivity contribution in [3.8, 4) is 0 Å². The molecule has 0 aliphatic carbocycles. The van der Waals surface area contributed by atoms with Crippen LogP contribution in [-0.4, -0.2) is 22.4 Å². The third-order valence-electron chi connectivity index (χ3n) is 2.39. The molecule has 1 aromatic rings. The molecule has 4 nitrogen and oxygen atoms in total. The zero-order valence-electron chi connectivity index (χ0n) is 8.51. The van der Waals surface area contributed by atoms with Crippen molar-refractivity contribution >= 4 is 17.5 Å². The first kappa shape index (κ1) is 10.4. The van der Waals surface area contributed by atoms with Crippen LogP contribution in [0.5, 0.6) is 0 Å². The summed E-state index contributed by atoms with van der Waals surface area (Å²) in [4.78, 5) is 19.9. The Hall–Kier alpha value is -1.16. The Morgan fingerprint density at radius 1 is 1.47 bits per heavy atom. The lowest BCUT2D eigenvalue weighted by Crippen LogP contribution is -2.34. The van der Waals surface area contributed by atoms with E-state index in [1.54, 1.807) is 0 Å². The highest BCUT2D eigenvalue weighted by molar-refractivity contribution is 6.28. The van der Waals surface area contributed by atoms with E-state index in [4.69, 9.17) is 11.6 Å². The van der Waals surface area contributed by atoms with E-state index >= 15 is 0 Å². The van der Waals surface area contributed by atoms with Gasteiger partial charge in [-0.2, -0.15) is 0 Å². The van der Waals surface area contributed by atoms with Gasteiger partial charge in [-0.25, -0.2) is 9.97 Å². The number of nitrogens with one attached hydrogen (secondary N) is 1. The Morgan fingerprint density at radius 3 is 3.00 bits per heavy atom. The summed E-state index contributed by atoms with van der Waals surface area (Å²) < 4.78 is 0. The molecule has 0 radical (unpaired) electrons. The zero-order valence-corrected chi connectivity index (χ0v) is 9.26. The summed E-state index contributed by atoms with van der Waals surface area (Å²) in [5.74, 6) is -0.0728. The van der Waals surface area contributed by atoms with Gasteiger partial charge in [0, 0.05) is 13.0 Å². The number of nitrogens with zero attached hydrogens (tertiary/aromatic N) is 2. The van der Waals surface area contributed by atoms with Crippen LogP contribution in [0.1, 0.15) is 35.1 Å². The number of amides is 1. The van der Waals surface area contributed by atoms with Gasteiger partial charge in [0.2, 0.25) is 5.28 Å². The van der Waals surface area contributed by atoms with Gasteiger partial charge in [0.1, 0.15) is 0 Å². The van der Waals surface area contributed by atoms with Crippen LogP contribution in [0.15, 0.2) is 0 Å². The second-order valence-corrected chi connectivity index (χ2v) is 3.85. The van der Waals surface area contributed by atoms with Crippen molar-refractivity contribution in [3.63, 3.8) is 0 Å². The van der Waals surface area contributed by atoms with Gasteiger partial charge < -0.3 is 5.32 Å². The molecule has 1 amide bonds. The highest BCUT2D eigenvalue weighted by atomic mass is 35.5. The SMILES string of the molecule is CCCc1nc(Cl)nc2c1C(=O)NCC2. The predicted octanol–water partition coefficient (Wildman–Crippen LogP) is 1.37. The molecular formula is C10H12ClN3O. The third-order valence-corrected chi connectivity index (χ3v) is 2.56. The zero-order chi connectivity index (χ0) is 10.8. The van der Waals surface area contributed by atoms with E-state index in [0.717, 1.165) is 30.7 Å². The summed E-state index contributed by atoms with van der Waals surface area (Å²) in [7, 11) is 0. The summed E-state index contributed by atoms with van der Waals surface area (Å²) in [5, 5.41) is 3.04. The minimum absolute atomic E-state index is 0.0728. The van der Waals surface area contributed by atoms with Gasteiger partial charge in [-0.3, -0.25) is 4.79 Å². The van der Waals surface area contributed by atoms with Gasteiger partial charge in [-0.05, 0) is 18.0 Å². The molecule has 1 aliphatic rings. The van der Waals surface area contributed by atoms with Crippen molar-refractivity contribution in [1.82, 2.24) is 15.3 Å². The lowest BCUT2D eigenvalue weighted by molar-refractivity contribution is 0.0943. The van der Waals surface area contributed by atoms with Gasteiger partial charge in [0.15, 0.2) is 0 Å². The van der Waals surface area contributed by atoms with Gasteiger partial charge in [0.25, 0.3) is 5.91 Å². The summed E-state index contributed by atoms with van der Waals surface area (Å²) in [6, 6.07) is 0. The lowest BCUT2D eigenvalue weighted by Gasteiger charge is -2.17. The fraction of sp³-hybridized carbons (Fsp3) is 0.500. The number of hydrogen-bond acceptors (Lipinski definition) is 3. The van der Waals surface area contributed by atoms with Crippen molar-refractivity contribution in [2.75, 3.05) is 6.54 Å². The summed E-state index contributed by atoms with van der Waals surface area (Å²) >= 11 is 5.81. The molecule has 2 heterocycles. The van der Waals surface area contributed by atoms with Crippen molar-refractivity contribution in [2.45, 2.75) is 26.2 Å². The standard InChI is InChI=1S/C10H12ClN3O/c1-2-3-6-8-7(14-10(11)13-6)4-5-12-9(8)15/h2-5H2,1H3,(H,12,15). The first-order valence-corrected chi connectivity index (χ1v) is 5.43. The van der Waals surface area contributed by atoms with Crippen LogP contribution in [0.3, 0.4) is 0 Å². The van der Waals surface area contributed by atoms with E-state index in [1.165, 1.54) is 0 Å². The summed E-state index contributed by atoms with van der Waals surface area (Å²) in [6.45, 7) is 2.67. The van der Waals surface area contributed by atoms with Crippen LogP contribution in [0, 0.1) is 0 Å². The Labute approximate surface area is 93.1 Å². The number of hydrogen-bond donors (Lipinski definition) is 1. The summed E-state index contributed by atoms with van der Waals surface area (Å²) in [5.41, 5.74) is 2.18. The van der Waals surface area contributed by atoms with E-state index in [2.05, 4.69) is 15.3 Å². The average Bonchev–Trinajstić information content (AvgIpc) is 2.17. The van der Waals surface area contributed by atoms with Gasteiger partial charge in [-0.1, -0.05) is 13.3 Å². The molecule has 2 rings (SSSR count). The van der Waals surface area contributed by atoms with Crippen LogP contribution in [0.25, 0.3) is 0 Å². The van der Waals surface area contributed by atoms with E-state index in [1.807, 2.05) is 6.92 Å². The van der Waals surface area contributed by atoms with Crippen molar-refractivity contribution in [2.24, 2.45) is 0 Å². The molecule has 0 atom stereocenters. The van der Waals surface area contributed by atoms with Crippen LogP contribution in [-0.2, 0) is 12.8 Å². The second kappa shape index (κ2) is 4.14. The van der Waals surface area contributed by atoms with E-state index < -0.39 is 0 Å².